The van der Waals surface area contributed by atoms with E-state index in [1.54, 1.807) is 0 Å². The van der Waals surface area contributed by atoms with Gasteiger partial charge in [0, 0.05) is 10.9 Å². The van der Waals surface area contributed by atoms with Crippen molar-refractivity contribution in [1.82, 2.24) is 5.32 Å². The summed E-state index contributed by atoms with van der Waals surface area (Å²) in [5.74, 6) is -1.34. The number of nitrogens with one attached hydrogen (secondary N) is 1. The summed E-state index contributed by atoms with van der Waals surface area (Å²) in [6.45, 7) is 0. The third-order valence-electron chi connectivity index (χ3n) is 3.17. The van der Waals surface area contributed by atoms with Crippen LogP contribution in [0.15, 0.2) is 59.1 Å². The smallest absolute Gasteiger partial charge is 0.326 e. The number of carboxylic acid groups (broad SMARTS) is 1. The van der Waals surface area contributed by atoms with E-state index in [0.717, 1.165) is 15.6 Å². The fourth-order valence-corrected chi connectivity index (χ4v) is 2.57. The van der Waals surface area contributed by atoms with E-state index in [4.69, 9.17) is 0 Å². The van der Waals surface area contributed by atoms with Crippen molar-refractivity contribution in [3.63, 3.8) is 0 Å². The summed E-state index contributed by atoms with van der Waals surface area (Å²) in [4.78, 5) is 23.4. The molecule has 1 amide bonds. The third-order valence-corrected chi connectivity index (χ3v) is 3.66. The van der Waals surface area contributed by atoms with E-state index >= 15 is 0 Å². The normalized spacial score (nSPS) is 11.7. The topological polar surface area (TPSA) is 66.4 Å². The SMILES string of the molecule is O=C(Cc1cccc(Br)c1)N[C@@H](Cc1ccccc1)C(=O)O. The van der Waals surface area contributed by atoms with E-state index in [1.807, 2.05) is 54.6 Å². The molecule has 0 aromatic heterocycles. The maximum absolute atomic E-state index is 12.0. The van der Waals surface area contributed by atoms with E-state index in [1.165, 1.54) is 0 Å². The first-order chi connectivity index (χ1) is 10.5. The van der Waals surface area contributed by atoms with Gasteiger partial charge in [0.1, 0.15) is 6.04 Å². The highest BCUT2D eigenvalue weighted by Gasteiger charge is 2.20. The fraction of sp³-hybridized carbons (Fsp3) is 0.176. The first kappa shape index (κ1) is 16.2. The summed E-state index contributed by atoms with van der Waals surface area (Å²) in [6.07, 6.45) is 0.415. The van der Waals surface area contributed by atoms with Gasteiger partial charge in [-0.25, -0.2) is 4.79 Å². The third kappa shape index (κ3) is 5.00. The molecule has 22 heavy (non-hydrogen) atoms. The molecular weight excluding hydrogens is 346 g/mol. The molecule has 0 aliphatic rings. The maximum Gasteiger partial charge on any atom is 0.326 e. The Kier molecular flexibility index (Phi) is 5.72. The number of hydrogen-bond acceptors (Lipinski definition) is 2. The molecular formula is C17H16BrNO3. The molecule has 4 nitrogen and oxygen atoms in total. The largest absolute Gasteiger partial charge is 0.480 e. The van der Waals surface area contributed by atoms with Gasteiger partial charge in [0.2, 0.25) is 5.91 Å². The summed E-state index contributed by atoms with van der Waals surface area (Å²) in [5, 5.41) is 11.9. The van der Waals surface area contributed by atoms with Crippen LogP contribution in [-0.2, 0) is 22.4 Å². The van der Waals surface area contributed by atoms with Crippen LogP contribution < -0.4 is 5.32 Å². The van der Waals surface area contributed by atoms with E-state index in [9.17, 15) is 14.7 Å². The minimum atomic E-state index is -1.04. The Morgan fingerprint density at radius 2 is 1.73 bits per heavy atom. The van der Waals surface area contributed by atoms with Gasteiger partial charge < -0.3 is 10.4 Å². The summed E-state index contributed by atoms with van der Waals surface area (Å²) in [7, 11) is 0. The molecule has 0 heterocycles. The predicted octanol–water partition coefficient (Wildman–Crippen LogP) is 2.80. The lowest BCUT2D eigenvalue weighted by molar-refractivity contribution is -0.141. The summed E-state index contributed by atoms with van der Waals surface area (Å²) >= 11 is 3.34. The number of halogens is 1. The Morgan fingerprint density at radius 1 is 1.05 bits per heavy atom. The van der Waals surface area contributed by atoms with Gasteiger partial charge in [-0.1, -0.05) is 58.4 Å². The standard InChI is InChI=1S/C17H16BrNO3/c18-14-8-4-7-13(9-14)11-16(20)19-15(17(21)22)10-12-5-2-1-3-6-12/h1-9,15H,10-11H2,(H,19,20)(H,21,22)/t15-/m0/s1. The predicted molar refractivity (Wildman–Crippen MR) is 87.6 cm³/mol. The maximum atomic E-state index is 12.0. The van der Waals surface area contributed by atoms with Crippen LogP contribution in [0.3, 0.4) is 0 Å². The molecule has 0 spiro atoms. The molecule has 0 saturated heterocycles. The van der Waals surface area contributed by atoms with Crippen LogP contribution in [0.5, 0.6) is 0 Å². The Labute approximate surface area is 137 Å². The molecule has 0 fully saturated rings. The first-order valence-electron chi connectivity index (χ1n) is 6.85. The lowest BCUT2D eigenvalue weighted by atomic mass is 10.1. The summed E-state index contributed by atoms with van der Waals surface area (Å²) in [6, 6.07) is 15.7. The second-order valence-corrected chi connectivity index (χ2v) is 5.87. The van der Waals surface area contributed by atoms with Crippen molar-refractivity contribution in [1.29, 1.82) is 0 Å². The first-order valence-corrected chi connectivity index (χ1v) is 7.64. The molecule has 0 saturated carbocycles. The monoisotopic (exact) mass is 361 g/mol. The fourth-order valence-electron chi connectivity index (χ4n) is 2.13. The van der Waals surface area contributed by atoms with Gasteiger partial charge in [-0.3, -0.25) is 4.79 Å². The van der Waals surface area contributed by atoms with Crippen LogP contribution in [0.4, 0.5) is 0 Å². The molecule has 2 rings (SSSR count). The van der Waals surface area contributed by atoms with Crippen molar-refractivity contribution < 1.29 is 14.7 Å². The Morgan fingerprint density at radius 3 is 2.36 bits per heavy atom. The summed E-state index contributed by atoms with van der Waals surface area (Å²) < 4.78 is 0.886. The molecule has 2 aromatic carbocycles. The lowest BCUT2D eigenvalue weighted by Gasteiger charge is -2.14. The summed E-state index contributed by atoms with van der Waals surface area (Å²) in [5.41, 5.74) is 1.70. The average molecular weight is 362 g/mol. The van der Waals surface area contributed by atoms with Crippen molar-refractivity contribution in [2.75, 3.05) is 0 Å². The van der Waals surface area contributed by atoms with Gasteiger partial charge in [-0.05, 0) is 23.3 Å². The van der Waals surface area contributed by atoms with E-state index in [0.29, 0.717) is 0 Å². The van der Waals surface area contributed by atoms with Crippen LogP contribution >= 0.6 is 15.9 Å². The van der Waals surface area contributed by atoms with Gasteiger partial charge in [0.15, 0.2) is 0 Å². The Bertz CT molecular complexity index is 658. The number of aliphatic carboxylic acids is 1. The van der Waals surface area contributed by atoms with Crippen molar-refractivity contribution in [2.45, 2.75) is 18.9 Å². The number of carboxylic acids is 1. The molecule has 114 valence electrons. The number of carbonyl (C=O) groups excluding carboxylic acids is 1. The van der Waals surface area contributed by atoms with E-state index in [2.05, 4.69) is 21.2 Å². The zero-order chi connectivity index (χ0) is 15.9. The Balaban J connectivity index is 1.98. The van der Waals surface area contributed by atoms with Crippen LogP contribution in [0, 0.1) is 0 Å². The lowest BCUT2D eigenvalue weighted by Crippen LogP contribution is -2.43. The average Bonchev–Trinajstić information content (AvgIpc) is 2.47. The number of hydrogen-bond donors (Lipinski definition) is 2. The van der Waals surface area contributed by atoms with Gasteiger partial charge in [0.25, 0.3) is 0 Å². The zero-order valence-electron chi connectivity index (χ0n) is 11.8. The quantitative estimate of drug-likeness (QED) is 0.831. The van der Waals surface area contributed by atoms with Crippen molar-refractivity contribution >= 4 is 27.8 Å². The molecule has 0 aliphatic carbocycles. The van der Waals surface area contributed by atoms with E-state index < -0.39 is 12.0 Å². The van der Waals surface area contributed by atoms with Crippen molar-refractivity contribution in [3.05, 3.63) is 70.2 Å². The molecule has 2 aromatic rings. The van der Waals surface area contributed by atoms with Gasteiger partial charge in [-0.15, -0.1) is 0 Å². The number of amides is 1. The zero-order valence-corrected chi connectivity index (χ0v) is 13.4. The highest BCUT2D eigenvalue weighted by molar-refractivity contribution is 9.10. The van der Waals surface area contributed by atoms with Gasteiger partial charge >= 0.3 is 5.97 Å². The van der Waals surface area contributed by atoms with Gasteiger partial charge in [-0.2, -0.15) is 0 Å². The van der Waals surface area contributed by atoms with Crippen molar-refractivity contribution in [3.8, 4) is 0 Å². The van der Waals surface area contributed by atoms with Crippen LogP contribution in [0.1, 0.15) is 11.1 Å². The highest BCUT2D eigenvalue weighted by Crippen LogP contribution is 2.12. The minimum absolute atomic E-state index is 0.151. The molecule has 0 radical (unpaired) electrons. The van der Waals surface area contributed by atoms with Crippen LogP contribution in [-0.4, -0.2) is 23.0 Å². The van der Waals surface area contributed by atoms with Crippen LogP contribution in [0.2, 0.25) is 0 Å². The number of rotatable bonds is 6. The molecule has 0 aliphatic heterocycles. The van der Waals surface area contributed by atoms with Gasteiger partial charge in [0.05, 0.1) is 6.42 Å². The minimum Gasteiger partial charge on any atom is -0.480 e. The van der Waals surface area contributed by atoms with Crippen molar-refractivity contribution in [2.24, 2.45) is 0 Å². The second-order valence-electron chi connectivity index (χ2n) is 4.95. The Hall–Kier alpha value is -2.14. The molecule has 2 N–H and O–H groups in total. The van der Waals surface area contributed by atoms with E-state index in [-0.39, 0.29) is 18.7 Å². The molecule has 5 heteroatoms. The second kappa shape index (κ2) is 7.75. The van der Waals surface area contributed by atoms with Crippen LogP contribution in [0.25, 0.3) is 0 Å². The highest BCUT2D eigenvalue weighted by atomic mass is 79.9. The number of benzene rings is 2. The molecule has 0 bridgehead atoms. The molecule has 1 atom stereocenters. The number of carbonyl (C=O) groups is 2. The molecule has 0 unspecified atom stereocenters.